The number of imidazole rings is 1. The van der Waals surface area contributed by atoms with Crippen LogP contribution >= 0.6 is 0 Å². The third-order valence-corrected chi connectivity index (χ3v) is 8.37. The first-order valence-electron chi connectivity index (χ1n) is 15.1. The van der Waals surface area contributed by atoms with Crippen molar-refractivity contribution >= 4 is 40.2 Å². The van der Waals surface area contributed by atoms with E-state index in [-0.39, 0.29) is 17.2 Å². The second-order valence-corrected chi connectivity index (χ2v) is 12.5. The number of aromatic nitrogens is 3. The zero-order chi connectivity index (χ0) is 30.8. The molecule has 0 saturated carbocycles. The van der Waals surface area contributed by atoms with Crippen molar-refractivity contribution in [2.24, 2.45) is 5.92 Å². The van der Waals surface area contributed by atoms with Crippen molar-refractivity contribution in [1.29, 1.82) is 0 Å². The molecule has 1 amide bonds. The molecule has 6 rings (SSSR count). The number of carbonyl (C=O) groups is 2. The third-order valence-electron chi connectivity index (χ3n) is 8.37. The quantitative estimate of drug-likeness (QED) is 0.205. The number of piperidine rings is 1. The van der Waals surface area contributed by atoms with Crippen LogP contribution in [0.5, 0.6) is 0 Å². The van der Waals surface area contributed by atoms with Crippen LogP contribution in [0.4, 0.5) is 22.9 Å². The minimum Gasteiger partial charge on any atom is -0.371 e. The van der Waals surface area contributed by atoms with Crippen molar-refractivity contribution in [3.8, 4) is 11.3 Å². The Hall–Kier alpha value is -4.98. The summed E-state index contributed by atoms with van der Waals surface area (Å²) in [4.78, 5) is 36.6. The molecular formula is C36H38N6O2. The second kappa shape index (κ2) is 12.0. The monoisotopic (exact) mass is 586 g/mol. The fourth-order valence-corrected chi connectivity index (χ4v) is 5.67. The maximum absolute atomic E-state index is 13.0. The Kier molecular flexibility index (Phi) is 7.91. The molecule has 0 aliphatic carbocycles. The summed E-state index contributed by atoms with van der Waals surface area (Å²) in [6, 6.07) is 23.8. The number of benzene rings is 3. The lowest BCUT2D eigenvalue weighted by Gasteiger charge is -2.32. The average Bonchev–Trinajstić information content (AvgIpc) is 3.51. The molecule has 0 bridgehead atoms. The first kappa shape index (κ1) is 29.1. The number of amides is 1. The highest BCUT2D eigenvalue weighted by molar-refractivity contribution is 6.04. The number of nitrogens with one attached hydrogen (secondary N) is 2. The lowest BCUT2D eigenvalue weighted by molar-refractivity contribution is -0.121. The number of ketones is 1. The van der Waals surface area contributed by atoms with E-state index < -0.39 is 0 Å². The second-order valence-electron chi connectivity index (χ2n) is 12.5. The Balaban J connectivity index is 1.19. The maximum Gasteiger partial charge on any atom is 0.255 e. The molecule has 5 aromatic rings. The van der Waals surface area contributed by atoms with Gasteiger partial charge in [0, 0.05) is 65.8 Å². The largest absolute Gasteiger partial charge is 0.371 e. The van der Waals surface area contributed by atoms with Gasteiger partial charge in [-0.15, -0.1) is 0 Å². The van der Waals surface area contributed by atoms with Crippen LogP contribution in [-0.4, -0.2) is 39.1 Å². The van der Waals surface area contributed by atoms with E-state index in [1.54, 1.807) is 13.1 Å². The molecule has 0 unspecified atom stereocenters. The molecule has 0 radical (unpaired) electrons. The summed E-state index contributed by atoms with van der Waals surface area (Å²) in [6.07, 6.45) is 7.39. The number of carbonyl (C=O) groups excluding carboxylic acids is 2. The van der Waals surface area contributed by atoms with E-state index in [4.69, 9.17) is 4.98 Å². The molecule has 0 spiro atoms. The van der Waals surface area contributed by atoms with Crippen LogP contribution < -0.4 is 15.5 Å². The van der Waals surface area contributed by atoms with E-state index >= 15 is 0 Å². The first-order valence-corrected chi connectivity index (χ1v) is 15.1. The molecule has 2 N–H and O–H groups in total. The summed E-state index contributed by atoms with van der Waals surface area (Å²) in [7, 11) is 0. The van der Waals surface area contributed by atoms with Crippen LogP contribution in [0.3, 0.4) is 0 Å². The Morgan fingerprint density at radius 3 is 2.32 bits per heavy atom. The average molecular weight is 587 g/mol. The molecule has 3 heterocycles. The predicted molar refractivity (Wildman–Crippen MR) is 177 cm³/mol. The Morgan fingerprint density at radius 1 is 0.909 bits per heavy atom. The van der Waals surface area contributed by atoms with E-state index in [2.05, 4.69) is 53.4 Å². The van der Waals surface area contributed by atoms with E-state index in [1.165, 1.54) is 5.56 Å². The molecule has 1 aliphatic heterocycles. The van der Waals surface area contributed by atoms with Crippen molar-refractivity contribution in [2.45, 2.75) is 46.0 Å². The Morgan fingerprint density at radius 2 is 1.64 bits per heavy atom. The number of fused-ring (bicyclic) bond motifs is 1. The SMILES string of the molecule is CC(=O)C1CCN(c2ccc(Nc3nc(-c4cccc(NC(=O)c5ccc(C(C)(C)C)cc5)c4)cn4ccnc34)cc2)CC1. The van der Waals surface area contributed by atoms with Gasteiger partial charge in [0.25, 0.3) is 5.91 Å². The Labute approximate surface area is 258 Å². The van der Waals surface area contributed by atoms with Crippen LogP contribution in [0.25, 0.3) is 16.9 Å². The molecule has 0 atom stereocenters. The molecule has 44 heavy (non-hydrogen) atoms. The molecule has 8 heteroatoms. The summed E-state index contributed by atoms with van der Waals surface area (Å²) in [5.41, 5.74) is 6.89. The van der Waals surface area contributed by atoms with Gasteiger partial charge in [-0.2, -0.15) is 0 Å². The van der Waals surface area contributed by atoms with Crippen LogP contribution in [0.2, 0.25) is 0 Å². The Bertz CT molecular complexity index is 1790. The van der Waals surface area contributed by atoms with Crippen molar-refractivity contribution in [3.63, 3.8) is 0 Å². The summed E-state index contributed by atoms with van der Waals surface area (Å²) in [5, 5.41) is 6.48. The van der Waals surface area contributed by atoms with Crippen molar-refractivity contribution in [2.75, 3.05) is 28.6 Å². The normalized spacial score (nSPS) is 14.0. The van der Waals surface area contributed by atoms with Gasteiger partial charge in [-0.3, -0.25) is 9.59 Å². The molecular weight excluding hydrogens is 548 g/mol. The van der Waals surface area contributed by atoms with Gasteiger partial charge in [-0.1, -0.05) is 45.0 Å². The van der Waals surface area contributed by atoms with E-state index in [0.717, 1.165) is 48.6 Å². The predicted octanol–water partition coefficient (Wildman–Crippen LogP) is 7.50. The molecule has 1 saturated heterocycles. The van der Waals surface area contributed by atoms with E-state index in [9.17, 15) is 9.59 Å². The smallest absolute Gasteiger partial charge is 0.255 e. The number of Topliss-reactive ketones (excluding diaryl/α,β-unsaturated/α-hetero) is 1. The standard InChI is InChI=1S/C36H38N6O2/c1-24(43)25-16-19-41(20-17-25)31-14-12-29(13-15-31)38-33-34-37-18-21-42(34)23-32(40-33)27-6-5-7-30(22-27)39-35(44)26-8-10-28(11-9-26)36(2,3)4/h5-15,18,21-23,25H,16-17,19-20H2,1-4H3,(H,38,40)(H,39,44). The van der Waals surface area contributed by atoms with Gasteiger partial charge >= 0.3 is 0 Å². The van der Waals surface area contributed by atoms with Crippen molar-refractivity contribution < 1.29 is 9.59 Å². The van der Waals surface area contributed by atoms with Crippen molar-refractivity contribution in [1.82, 2.24) is 14.4 Å². The summed E-state index contributed by atoms with van der Waals surface area (Å²) < 4.78 is 1.94. The molecule has 2 aromatic heterocycles. The highest BCUT2D eigenvalue weighted by Crippen LogP contribution is 2.29. The van der Waals surface area contributed by atoms with Gasteiger partial charge in [-0.05, 0) is 79.3 Å². The van der Waals surface area contributed by atoms with Crippen LogP contribution in [0, 0.1) is 5.92 Å². The number of hydrogen-bond acceptors (Lipinski definition) is 6. The van der Waals surface area contributed by atoms with Gasteiger partial charge in [0.15, 0.2) is 11.5 Å². The summed E-state index contributed by atoms with van der Waals surface area (Å²) >= 11 is 0. The lowest BCUT2D eigenvalue weighted by Crippen LogP contribution is -2.35. The van der Waals surface area contributed by atoms with Gasteiger partial charge in [0.2, 0.25) is 0 Å². The fourth-order valence-electron chi connectivity index (χ4n) is 5.67. The van der Waals surface area contributed by atoms with Crippen LogP contribution in [0.15, 0.2) is 91.4 Å². The van der Waals surface area contributed by atoms with Gasteiger partial charge in [-0.25, -0.2) is 9.97 Å². The van der Waals surface area contributed by atoms with E-state index in [0.29, 0.717) is 28.5 Å². The molecule has 3 aromatic carbocycles. The molecule has 8 nitrogen and oxygen atoms in total. The van der Waals surface area contributed by atoms with Crippen LogP contribution in [0.1, 0.15) is 56.5 Å². The van der Waals surface area contributed by atoms with Gasteiger partial charge < -0.3 is 19.9 Å². The molecule has 1 aliphatic rings. The summed E-state index contributed by atoms with van der Waals surface area (Å²) in [6.45, 7) is 9.94. The number of anilines is 4. The topological polar surface area (TPSA) is 91.6 Å². The number of hydrogen-bond donors (Lipinski definition) is 2. The van der Waals surface area contributed by atoms with Gasteiger partial charge in [0.05, 0.1) is 5.69 Å². The zero-order valence-electron chi connectivity index (χ0n) is 25.7. The van der Waals surface area contributed by atoms with E-state index in [1.807, 2.05) is 77.5 Å². The fraction of sp³-hybridized carbons (Fsp3) is 0.278. The minimum absolute atomic E-state index is 0.0269. The number of nitrogens with zero attached hydrogens (tertiary/aromatic N) is 4. The van der Waals surface area contributed by atoms with Crippen LogP contribution in [-0.2, 0) is 10.2 Å². The molecule has 224 valence electrons. The first-order chi connectivity index (χ1) is 21.1. The summed E-state index contributed by atoms with van der Waals surface area (Å²) in [5.74, 6) is 0.957. The lowest BCUT2D eigenvalue weighted by atomic mass is 9.87. The van der Waals surface area contributed by atoms with Crippen molar-refractivity contribution in [3.05, 3.63) is 103 Å². The molecule has 1 fully saturated rings. The highest BCUT2D eigenvalue weighted by Gasteiger charge is 2.22. The minimum atomic E-state index is -0.158. The third kappa shape index (κ3) is 6.34. The zero-order valence-corrected chi connectivity index (χ0v) is 25.7. The number of rotatable bonds is 7. The highest BCUT2D eigenvalue weighted by atomic mass is 16.1. The van der Waals surface area contributed by atoms with Gasteiger partial charge in [0.1, 0.15) is 5.78 Å². The maximum atomic E-state index is 13.0.